The molecule has 1 fully saturated rings. The second-order valence-electron chi connectivity index (χ2n) is 6.30. The minimum absolute atomic E-state index is 0.153. The topological polar surface area (TPSA) is 60.2 Å². The first-order chi connectivity index (χ1) is 13.2. The van der Waals surface area contributed by atoms with E-state index in [-0.39, 0.29) is 5.91 Å². The highest BCUT2D eigenvalue weighted by Gasteiger charge is 2.32. The van der Waals surface area contributed by atoms with E-state index in [9.17, 15) is 4.79 Å². The van der Waals surface area contributed by atoms with Crippen LogP contribution >= 0.6 is 23.1 Å². The summed E-state index contributed by atoms with van der Waals surface area (Å²) in [7, 11) is 1.64. The Morgan fingerprint density at radius 2 is 2.15 bits per heavy atom. The van der Waals surface area contributed by atoms with Gasteiger partial charge >= 0.3 is 0 Å². The van der Waals surface area contributed by atoms with Crippen molar-refractivity contribution < 1.29 is 9.53 Å². The van der Waals surface area contributed by atoms with Gasteiger partial charge in [0.15, 0.2) is 5.16 Å². The van der Waals surface area contributed by atoms with E-state index in [4.69, 9.17) is 4.74 Å². The van der Waals surface area contributed by atoms with Crippen LogP contribution in [-0.2, 0) is 11.3 Å². The lowest BCUT2D eigenvalue weighted by Crippen LogP contribution is -2.33. The third-order valence-corrected chi connectivity index (χ3v) is 6.20. The Balaban J connectivity index is 1.42. The number of rotatable bonds is 8. The van der Waals surface area contributed by atoms with Gasteiger partial charge in [0.05, 0.1) is 19.4 Å². The summed E-state index contributed by atoms with van der Waals surface area (Å²) in [6, 6.07) is 12.2. The summed E-state index contributed by atoms with van der Waals surface area (Å²) in [4.78, 5) is 16.0. The summed E-state index contributed by atoms with van der Waals surface area (Å²) in [5.74, 6) is 1.31. The van der Waals surface area contributed by atoms with Gasteiger partial charge in [0.1, 0.15) is 12.1 Å². The molecule has 2 heterocycles. The molecule has 8 heteroatoms. The Morgan fingerprint density at radius 3 is 2.81 bits per heavy atom. The van der Waals surface area contributed by atoms with E-state index in [2.05, 4.69) is 21.6 Å². The summed E-state index contributed by atoms with van der Waals surface area (Å²) in [5.41, 5.74) is 0.938. The van der Waals surface area contributed by atoms with Gasteiger partial charge in [0.2, 0.25) is 5.91 Å². The molecular formula is C19H20N4O2S2. The number of thioether (sulfide) groups is 1. The van der Waals surface area contributed by atoms with Gasteiger partial charge in [-0.25, -0.2) is 0 Å². The van der Waals surface area contributed by atoms with Crippen molar-refractivity contribution in [1.29, 1.82) is 0 Å². The van der Waals surface area contributed by atoms with E-state index in [1.54, 1.807) is 24.8 Å². The molecule has 0 N–H and O–H groups in total. The molecule has 1 aliphatic rings. The van der Waals surface area contributed by atoms with Crippen LogP contribution in [0.2, 0.25) is 0 Å². The van der Waals surface area contributed by atoms with Crippen molar-refractivity contribution in [2.45, 2.75) is 30.6 Å². The number of aromatic nitrogens is 3. The zero-order valence-electron chi connectivity index (χ0n) is 14.9. The van der Waals surface area contributed by atoms with Gasteiger partial charge < -0.3 is 9.64 Å². The summed E-state index contributed by atoms with van der Waals surface area (Å²) in [6.45, 7) is 0.701. The predicted octanol–water partition coefficient (Wildman–Crippen LogP) is 3.62. The minimum Gasteiger partial charge on any atom is -0.497 e. The first-order valence-corrected chi connectivity index (χ1v) is 10.6. The van der Waals surface area contributed by atoms with E-state index in [1.165, 1.54) is 16.6 Å². The molecule has 1 aliphatic carbocycles. The molecule has 0 radical (unpaired) electrons. The highest BCUT2D eigenvalue weighted by atomic mass is 32.2. The SMILES string of the molecule is COc1ccc(-n2cnnc2SCC(=O)N(Cc2cccs2)C2CC2)cc1. The molecule has 0 bridgehead atoms. The maximum atomic E-state index is 12.8. The number of hydrogen-bond donors (Lipinski definition) is 0. The second-order valence-corrected chi connectivity index (χ2v) is 8.28. The number of hydrogen-bond acceptors (Lipinski definition) is 6. The molecule has 4 rings (SSSR count). The molecule has 0 spiro atoms. The quantitative estimate of drug-likeness (QED) is 0.541. The lowest BCUT2D eigenvalue weighted by atomic mass is 10.3. The summed E-state index contributed by atoms with van der Waals surface area (Å²) in [5, 5.41) is 10.9. The highest BCUT2D eigenvalue weighted by molar-refractivity contribution is 7.99. The minimum atomic E-state index is 0.153. The van der Waals surface area contributed by atoms with Crippen LogP contribution in [-0.4, -0.2) is 44.5 Å². The number of methoxy groups -OCH3 is 1. The number of carbonyl (C=O) groups excluding carboxylic acids is 1. The van der Waals surface area contributed by atoms with Gasteiger partial charge in [-0.3, -0.25) is 9.36 Å². The molecule has 6 nitrogen and oxygen atoms in total. The molecule has 0 aliphatic heterocycles. The van der Waals surface area contributed by atoms with Crippen molar-refractivity contribution in [3.05, 3.63) is 53.0 Å². The van der Waals surface area contributed by atoms with Crippen molar-refractivity contribution in [3.8, 4) is 11.4 Å². The van der Waals surface area contributed by atoms with Gasteiger partial charge in [-0.05, 0) is 48.6 Å². The zero-order valence-corrected chi connectivity index (χ0v) is 16.6. The van der Waals surface area contributed by atoms with Crippen molar-refractivity contribution in [2.75, 3.05) is 12.9 Å². The van der Waals surface area contributed by atoms with E-state index >= 15 is 0 Å². The van der Waals surface area contributed by atoms with E-state index in [0.717, 1.165) is 24.3 Å². The number of benzene rings is 1. The van der Waals surface area contributed by atoms with Crippen LogP contribution in [0.4, 0.5) is 0 Å². The Labute approximate surface area is 166 Å². The maximum Gasteiger partial charge on any atom is 0.233 e. The standard InChI is InChI=1S/C19H20N4O2S2/c1-25-16-8-6-15(7-9-16)23-13-20-21-19(23)27-12-18(24)22(14-4-5-14)11-17-3-2-10-26-17/h2-3,6-10,13-14H,4-5,11-12H2,1H3. The van der Waals surface area contributed by atoms with Gasteiger partial charge in [-0.2, -0.15) is 0 Å². The fraction of sp³-hybridized carbons (Fsp3) is 0.316. The Bertz CT molecular complexity index is 889. The van der Waals surface area contributed by atoms with Gasteiger partial charge in [-0.1, -0.05) is 17.8 Å². The molecule has 0 saturated heterocycles. The number of thiophene rings is 1. The number of nitrogens with zero attached hydrogens (tertiary/aromatic N) is 4. The molecule has 0 unspecified atom stereocenters. The van der Waals surface area contributed by atoms with Gasteiger partial charge in [0.25, 0.3) is 0 Å². The molecule has 2 aromatic heterocycles. The van der Waals surface area contributed by atoms with Crippen LogP contribution in [0.3, 0.4) is 0 Å². The third-order valence-electron chi connectivity index (χ3n) is 4.41. The molecule has 0 atom stereocenters. The molecule has 3 aromatic rings. The average Bonchev–Trinajstić information content (AvgIpc) is 3.20. The lowest BCUT2D eigenvalue weighted by molar-refractivity contribution is -0.129. The van der Waals surface area contributed by atoms with Crippen LogP contribution in [0.5, 0.6) is 5.75 Å². The molecular weight excluding hydrogens is 380 g/mol. The first-order valence-electron chi connectivity index (χ1n) is 8.73. The van der Waals surface area contributed by atoms with Crippen LogP contribution in [0.25, 0.3) is 5.69 Å². The fourth-order valence-electron chi connectivity index (χ4n) is 2.83. The zero-order chi connectivity index (χ0) is 18.6. The summed E-state index contributed by atoms with van der Waals surface area (Å²) in [6.07, 6.45) is 3.87. The summed E-state index contributed by atoms with van der Waals surface area (Å²) < 4.78 is 7.09. The Morgan fingerprint density at radius 1 is 1.33 bits per heavy atom. The number of ether oxygens (including phenoxy) is 1. The van der Waals surface area contributed by atoms with Crippen molar-refractivity contribution in [3.63, 3.8) is 0 Å². The van der Waals surface area contributed by atoms with Crippen LogP contribution in [0.1, 0.15) is 17.7 Å². The monoisotopic (exact) mass is 400 g/mol. The number of carbonyl (C=O) groups is 1. The number of amides is 1. The molecule has 1 saturated carbocycles. The molecule has 1 aromatic carbocycles. The van der Waals surface area contributed by atoms with Crippen molar-refractivity contribution in [2.24, 2.45) is 0 Å². The summed E-state index contributed by atoms with van der Waals surface area (Å²) >= 11 is 3.12. The van der Waals surface area contributed by atoms with E-state index in [1.807, 2.05) is 39.8 Å². The predicted molar refractivity (Wildman–Crippen MR) is 107 cm³/mol. The molecule has 1 amide bonds. The fourth-order valence-corrected chi connectivity index (χ4v) is 4.35. The van der Waals surface area contributed by atoms with Gasteiger partial charge in [-0.15, -0.1) is 21.5 Å². The molecule has 140 valence electrons. The largest absolute Gasteiger partial charge is 0.497 e. The van der Waals surface area contributed by atoms with E-state index in [0.29, 0.717) is 23.5 Å². The second kappa shape index (κ2) is 8.14. The van der Waals surface area contributed by atoms with Crippen molar-refractivity contribution >= 4 is 29.0 Å². The van der Waals surface area contributed by atoms with E-state index < -0.39 is 0 Å². The average molecular weight is 401 g/mol. The van der Waals surface area contributed by atoms with Gasteiger partial charge in [0, 0.05) is 16.6 Å². The normalized spacial score (nSPS) is 13.5. The van der Waals surface area contributed by atoms with Crippen LogP contribution in [0, 0.1) is 0 Å². The van der Waals surface area contributed by atoms with Crippen molar-refractivity contribution in [1.82, 2.24) is 19.7 Å². The maximum absolute atomic E-state index is 12.8. The highest BCUT2D eigenvalue weighted by Crippen LogP contribution is 2.30. The van der Waals surface area contributed by atoms with Crippen LogP contribution in [0.15, 0.2) is 53.3 Å². The smallest absolute Gasteiger partial charge is 0.233 e. The molecule has 27 heavy (non-hydrogen) atoms. The Hall–Kier alpha value is -2.32. The first kappa shape index (κ1) is 18.1. The Kier molecular flexibility index (Phi) is 5.45. The van der Waals surface area contributed by atoms with Crippen LogP contribution < -0.4 is 4.74 Å². The third kappa shape index (κ3) is 4.33. The lowest BCUT2D eigenvalue weighted by Gasteiger charge is -2.21.